The van der Waals surface area contributed by atoms with Crippen molar-refractivity contribution in [1.29, 1.82) is 0 Å². The number of hydrogen-bond donors (Lipinski definition) is 1. The van der Waals surface area contributed by atoms with Crippen molar-refractivity contribution in [1.82, 2.24) is 10.2 Å². The van der Waals surface area contributed by atoms with Gasteiger partial charge in [-0.15, -0.1) is 6.58 Å². The Bertz CT molecular complexity index is 456. The molecule has 0 radical (unpaired) electrons. The van der Waals surface area contributed by atoms with E-state index in [0.717, 1.165) is 23.8 Å². The number of urea groups is 1. The summed E-state index contributed by atoms with van der Waals surface area (Å²) in [6.45, 7) is 7.09. The van der Waals surface area contributed by atoms with Gasteiger partial charge in [0, 0.05) is 32.7 Å². The number of piperazine rings is 1. The SMILES string of the molecule is C=CCNC(=O)N1CCN(c2ccccc2Cl)CC1. The van der Waals surface area contributed by atoms with Crippen LogP contribution in [0.2, 0.25) is 5.02 Å². The number of anilines is 1. The van der Waals surface area contributed by atoms with Crippen LogP contribution in [0.3, 0.4) is 0 Å². The highest BCUT2D eigenvalue weighted by Crippen LogP contribution is 2.25. The van der Waals surface area contributed by atoms with Crippen molar-refractivity contribution in [2.45, 2.75) is 0 Å². The Balaban J connectivity index is 1.91. The molecule has 19 heavy (non-hydrogen) atoms. The second-order valence-corrected chi connectivity index (χ2v) is 4.81. The molecule has 1 fully saturated rings. The van der Waals surface area contributed by atoms with E-state index < -0.39 is 0 Å². The van der Waals surface area contributed by atoms with Crippen molar-refractivity contribution in [2.75, 3.05) is 37.6 Å². The monoisotopic (exact) mass is 279 g/mol. The fraction of sp³-hybridized carbons (Fsp3) is 0.357. The van der Waals surface area contributed by atoms with Crippen molar-refractivity contribution < 1.29 is 4.79 Å². The summed E-state index contributed by atoms with van der Waals surface area (Å²) in [5.41, 5.74) is 1.04. The van der Waals surface area contributed by atoms with Gasteiger partial charge in [-0.25, -0.2) is 4.79 Å². The molecule has 4 nitrogen and oxygen atoms in total. The van der Waals surface area contributed by atoms with Crippen molar-refractivity contribution >= 4 is 23.3 Å². The van der Waals surface area contributed by atoms with Gasteiger partial charge in [0.15, 0.2) is 0 Å². The van der Waals surface area contributed by atoms with E-state index in [-0.39, 0.29) is 6.03 Å². The molecular weight excluding hydrogens is 262 g/mol. The van der Waals surface area contributed by atoms with Crippen molar-refractivity contribution in [3.8, 4) is 0 Å². The van der Waals surface area contributed by atoms with Gasteiger partial charge in [0.1, 0.15) is 0 Å². The van der Waals surface area contributed by atoms with Crippen molar-refractivity contribution in [3.63, 3.8) is 0 Å². The molecule has 0 saturated carbocycles. The smallest absolute Gasteiger partial charge is 0.317 e. The molecule has 1 N–H and O–H groups in total. The topological polar surface area (TPSA) is 35.6 Å². The van der Waals surface area contributed by atoms with Crippen LogP contribution in [0.1, 0.15) is 0 Å². The van der Waals surface area contributed by atoms with Crippen molar-refractivity contribution in [3.05, 3.63) is 41.9 Å². The zero-order valence-corrected chi connectivity index (χ0v) is 11.6. The molecule has 1 aromatic carbocycles. The average Bonchev–Trinajstić information content (AvgIpc) is 2.45. The number of carbonyl (C=O) groups excluding carboxylic acids is 1. The molecule has 0 atom stereocenters. The third kappa shape index (κ3) is 3.41. The quantitative estimate of drug-likeness (QED) is 0.862. The number of nitrogens with zero attached hydrogens (tertiary/aromatic N) is 2. The molecule has 2 amide bonds. The molecule has 102 valence electrons. The molecular formula is C14H18ClN3O. The van der Waals surface area contributed by atoms with Crippen LogP contribution in [0, 0.1) is 0 Å². The lowest BCUT2D eigenvalue weighted by Gasteiger charge is -2.36. The summed E-state index contributed by atoms with van der Waals surface area (Å²) in [7, 11) is 0. The van der Waals surface area contributed by atoms with Crippen LogP contribution in [0.25, 0.3) is 0 Å². The van der Waals surface area contributed by atoms with Crippen LogP contribution in [0.15, 0.2) is 36.9 Å². The molecule has 1 aliphatic heterocycles. The van der Waals surface area contributed by atoms with Crippen LogP contribution in [-0.4, -0.2) is 43.7 Å². The number of halogens is 1. The van der Waals surface area contributed by atoms with Crippen molar-refractivity contribution in [2.24, 2.45) is 0 Å². The van der Waals surface area contributed by atoms with Crippen LogP contribution >= 0.6 is 11.6 Å². The molecule has 5 heteroatoms. The van der Waals surface area contributed by atoms with Gasteiger partial charge in [0.05, 0.1) is 10.7 Å². The van der Waals surface area contributed by atoms with Crippen LogP contribution in [0.5, 0.6) is 0 Å². The van der Waals surface area contributed by atoms with Gasteiger partial charge in [-0.05, 0) is 12.1 Å². The number of hydrogen-bond acceptors (Lipinski definition) is 2. The first-order valence-corrected chi connectivity index (χ1v) is 6.73. The van der Waals surface area contributed by atoms with E-state index in [1.54, 1.807) is 6.08 Å². The largest absolute Gasteiger partial charge is 0.367 e. The van der Waals surface area contributed by atoms with Gasteiger partial charge in [0.2, 0.25) is 0 Å². The Morgan fingerprint density at radius 2 is 2.00 bits per heavy atom. The number of rotatable bonds is 3. The Labute approximate surface area is 118 Å². The molecule has 1 saturated heterocycles. The van der Waals surface area contributed by atoms with Gasteiger partial charge in [-0.1, -0.05) is 29.8 Å². The summed E-state index contributed by atoms with van der Waals surface area (Å²) < 4.78 is 0. The predicted molar refractivity (Wildman–Crippen MR) is 78.8 cm³/mol. The minimum atomic E-state index is -0.0290. The number of carbonyl (C=O) groups is 1. The van der Waals surface area contributed by atoms with Gasteiger partial charge in [-0.2, -0.15) is 0 Å². The first kappa shape index (κ1) is 13.7. The molecule has 0 aliphatic carbocycles. The fourth-order valence-corrected chi connectivity index (χ4v) is 2.39. The van der Waals surface area contributed by atoms with E-state index in [1.165, 1.54) is 0 Å². The summed E-state index contributed by atoms with van der Waals surface area (Å²) in [5.74, 6) is 0. The maximum Gasteiger partial charge on any atom is 0.317 e. The van der Waals surface area contributed by atoms with Gasteiger partial charge in [0.25, 0.3) is 0 Å². The first-order chi connectivity index (χ1) is 9.22. The Hall–Kier alpha value is -1.68. The average molecular weight is 280 g/mol. The van der Waals surface area contributed by atoms with Crippen LogP contribution in [-0.2, 0) is 0 Å². The second kappa shape index (κ2) is 6.48. The number of para-hydroxylation sites is 1. The van der Waals surface area contributed by atoms with E-state index in [9.17, 15) is 4.79 Å². The van der Waals surface area contributed by atoms with E-state index in [2.05, 4.69) is 16.8 Å². The lowest BCUT2D eigenvalue weighted by atomic mass is 10.2. The summed E-state index contributed by atoms with van der Waals surface area (Å²) in [6.07, 6.45) is 1.68. The van der Waals surface area contributed by atoms with Gasteiger partial charge >= 0.3 is 6.03 Å². The molecule has 0 aromatic heterocycles. The highest BCUT2D eigenvalue weighted by molar-refractivity contribution is 6.33. The molecule has 1 aliphatic rings. The summed E-state index contributed by atoms with van der Waals surface area (Å²) in [6, 6.07) is 7.77. The number of benzene rings is 1. The maximum absolute atomic E-state index is 11.8. The molecule has 1 aromatic rings. The lowest BCUT2D eigenvalue weighted by Crippen LogP contribution is -2.51. The Morgan fingerprint density at radius 3 is 2.63 bits per heavy atom. The summed E-state index contributed by atoms with van der Waals surface area (Å²) >= 11 is 6.18. The number of nitrogens with one attached hydrogen (secondary N) is 1. The highest BCUT2D eigenvalue weighted by Gasteiger charge is 2.21. The summed E-state index contributed by atoms with van der Waals surface area (Å²) in [4.78, 5) is 15.8. The maximum atomic E-state index is 11.8. The van der Waals surface area contributed by atoms with E-state index >= 15 is 0 Å². The highest BCUT2D eigenvalue weighted by atomic mass is 35.5. The second-order valence-electron chi connectivity index (χ2n) is 4.40. The predicted octanol–water partition coefficient (Wildman–Crippen LogP) is 2.36. The third-order valence-electron chi connectivity index (χ3n) is 3.16. The van der Waals surface area contributed by atoms with E-state index in [0.29, 0.717) is 19.6 Å². The first-order valence-electron chi connectivity index (χ1n) is 6.35. The molecule has 1 heterocycles. The van der Waals surface area contributed by atoms with Gasteiger partial charge < -0.3 is 15.1 Å². The number of amides is 2. The Kier molecular flexibility index (Phi) is 4.68. The van der Waals surface area contributed by atoms with E-state index in [4.69, 9.17) is 11.6 Å². The zero-order chi connectivity index (χ0) is 13.7. The Morgan fingerprint density at radius 1 is 1.32 bits per heavy atom. The lowest BCUT2D eigenvalue weighted by molar-refractivity contribution is 0.195. The minimum Gasteiger partial charge on any atom is -0.367 e. The molecule has 0 spiro atoms. The molecule has 2 rings (SSSR count). The van der Waals surface area contributed by atoms with E-state index in [1.807, 2.05) is 29.2 Å². The van der Waals surface area contributed by atoms with Crippen LogP contribution in [0.4, 0.5) is 10.5 Å². The zero-order valence-electron chi connectivity index (χ0n) is 10.8. The standard InChI is InChI=1S/C14H18ClN3O/c1-2-7-16-14(19)18-10-8-17(9-11-18)13-6-4-3-5-12(13)15/h2-6H,1,7-11H2,(H,16,19). The third-order valence-corrected chi connectivity index (χ3v) is 3.48. The molecule has 0 unspecified atom stereocenters. The minimum absolute atomic E-state index is 0.0290. The normalized spacial score (nSPS) is 15.2. The molecule has 0 bridgehead atoms. The fourth-order valence-electron chi connectivity index (χ4n) is 2.13. The van der Waals surface area contributed by atoms with Crippen LogP contribution < -0.4 is 10.2 Å². The van der Waals surface area contributed by atoms with Gasteiger partial charge in [-0.3, -0.25) is 0 Å². The summed E-state index contributed by atoms with van der Waals surface area (Å²) in [5, 5.41) is 3.55.